The Hall–Kier alpha value is -1.67. The molecule has 0 saturated carbocycles. The van der Waals surface area contributed by atoms with Gasteiger partial charge < -0.3 is 5.11 Å². The zero-order valence-electron chi connectivity index (χ0n) is 10.3. The largest absolute Gasteiger partial charge is 0.388 e. The number of allylic oxidation sites excluding steroid dienone is 2. The molecule has 2 atom stereocenters. The van der Waals surface area contributed by atoms with Gasteiger partial charge in [-0.1, -0.05) is 30.4 Å². The summed E-state index contributed by atoms with van der Waals surface area (Å²) in [5.41, 5.74) is 1.95. The van der Waals surface area contributed by atoms with Crippen LogP contribution in [0.25, 0.3) is 10.9 Å². The maximum Gasteiger partial charge on any atom is 0.0822 e. The number of nitrogens with zero attached hydrogens (tertiary/aromatic N) is 1. The fourth-order valence-corrected chi connectivity index (χ4v) is 2.64. The van der Waals surface area contributed by atoms with Gasteiger partial charge in [-0.25, -0.2) is 0 Å². The van der Waals surface area contributed by atoms with Gasteiger partial charge in [0.05, 0.1) is 11.6 Å². The molecule has 1 aromatic heterocycles. The van der Waals surface area contributed by atoms with E-state index in [0.717, 1.165) is 35.7 Å². The number of hydrogen-bond acceptors (Lipinski definition) is 2. The third-order valence-electron chi connectivity index (χ3n) is 3.73. The second-order valence-electron chi connectivity index (χ2n) is 4.94. The van der Waals surface area contributed by atoms with Crippen LogP contribution in [-0.4, -0.2) is 10.1 Å². The first-order valence-electron chi connectivity index (χ1n) is 6.52. The summed E-state index contributed by atoms with van der Waals surface area (Å²) in [7, 11) is 0. The lowest BCUT2D eigenvalue weighted by Gasteiger charge is -2.24. The van der Waals surface area contributed by atoms with Gasteiger partial charge in [-0.15, -0.1) is 0 Å². The molecule has 0 spiro atoms. The average Bonchev–Trinajstić information content (AvgIpc) is 2.47. The first-order valence-corrected chi connectivity index (χ1v) is 6.52. The zero-order valence-corrected chi connectivity index (χ0v) is 10.3. The van der Waals surface area contributed by atoms with E-state index in [1.165, 1.54) is 0 Å². The monoisotopic (exact) mass is 239 g/mol. The molecule has 1 aliphatic rings. The first kappa shape index (κ1) is 11.4. The third kappa shape index (κ3) is 2.16. The fraction of sp³-hybridized carbons (Fsp3) is 0.312. The average molecular weight is 239 g/mol. The van der Waals surface area contributed by atoms with Crippen LogP contribution < -0.4 is 0 Å². The third-order valence-corrected chi connectivity index (χ3v) is 3.73. The van der Waals surface area contributed by atoms with E-state index in [4.69, 9.17) is 0 Å². The van der Waals surface area contributed by atoms with Crippen LogP contribution in [0.2, 0.25) is 0 Å². The van der Waals surface area contributed by atoms with Crippen molar-refractivity contribution in [2.24, 2.45) is 5.92 Å². The highest BCUT2D eigenvalue weighted by Gasteiger charge is 2.21. The van der Waals surface area contributed by atoms with Crippen molar-refractivity contribution in [2.75, 3.05) is 0 Å². The number of rotatable bonds is 2. The van der Waals surface area contributed by atoms with Gasteiger partial charge in [-0.05, 0) is 42.9 Å². The van der Waals surface area contributed by atoms with Crippen molar-refractivity contribution >= 4 is 10.9 Å². The Morgan fingerprint density at radius 2 is 2.17 bits per heavy atom. The molecule has 0 saturated heterocycles. The second kappa shape index (κ2) is 4.91. The number of aliphatic hydroxyl groups is 1. The number of benzene rings is 1. The van der Waals surface area contributed by atoms with E-state index in [9.17, 15) is 5.11 Å². The van der Waals surface area contributed by atoms with Crippen molar-refractivity contribution in [3.05, 3.63) is 54.2 Å². The number of aromatic nitrogens is 1. The van der Waals surface area contributed by atoms with Crippen molar-refractivity contribution in [3.8, 4) is 0 Å². The summed E-state index contributed by atoms with van der Waals surface area (Å²) >= 11 is 0. The fourth-order valence-electron chi connectivity index (χ4n) is 2.64. The van der Waals surface area contributed by atoms with Crippen molar-refractivity contribution in [2.45, 2.75) is 25.4 Å². The van der Waals surface area contributed by atoms with E-state index in [1.54, 1.807) is 6.20 Å². The molecule has 3 rings (SSSR count). The number of fused-ring (bicyclic) bond motifs is 1. The highest BCUT2D eigenvalue weighted by molar-refractivity contribution is 5.78. The van der Waals surface area contributed by atoms with Gasteiger partial charge in [0.2, 0.25) is 0 Å². The molecule has 0 amide bonds. The van der Waals surface area contributed by atoms with Gasteiger partial charge in [0.1, 0.15) is 0 Å². The van der Waals surface area contributed by atoms with Crippen LogP contribution in [-0.2, 0) is 0 Å². The Bertz CT molecular complexity index is 576. The van der Waals surface area contributed by atoms with Gasteiger partial charge in [0.15, 0.2) is 0 Å². The molecule has 0 radical (unpaired) electrons. The Morgan fingerprint density at radius 1 is 1.22 bits per heavy atom. The summed E-state index contributed by atoms with van der Waals surface area (Å²) in [5.74, 6) is 0.344. The van der Waals surface area contributed by atoms with Crippen molar-refractivity contribution in [3.63, 3.8) is 0 Å². The minimum Gasteiger partial charge on any atom is -0.388 e. The normalized spacial score (nSPS) is 21.1. The van der Waals surface area contributed by atoms with Crippen LogP contribution in [0.5, 0.6) is 0 Å². The lowest BCUT2D eigenvalue weighted by Crippen LogP contribution is -2.13. The summed E-state index contributed by atoms with van der Waals surface area (Å²) in [5, 5.41) is 11.6. The van der Waals surface area contributed by atoms with Gasteiger partial charge >= 0.3 is 0 Å². The second-order valence-corrected chi connectivity index (χ2v) is 4.94. The smallest absolute Gasteiger partial charge is 0.0822 e. The Morgan fingerprint density at radius 3 is 3.00 bits per heavy atom. The minimum atomic E-state index is -0.374. The van der Waals surface area contributed by atoms with E-state index >= 15 is 0 Å². The first-order chi connectivity index (χ1) is 8.84. The molecule has 2 heteroatoms. The molecule has 18 heavy (non-hydrogen) atoms. The molecule has 2 unspecified atom stereocenters. The van der Waals surface area contributed by atoms with Crippen LogP contribution >= 0.6 is 0 Å². The molecule has 1 aliphatic carbocycles. The molecule has 2 aromatic rings. The number of hydrogen-bond donors (Lipinski definition) is 1. The molecule has 0 fully saturated rings. The summed E-state index contributed by atoms with van der Waals surface area (Å²) < 4.78 is 0. The summed E-state index contributed by atoms with van der Waals surface area (Å²) in [6.07, 6.45) is 8.91. The molecule has 1 heterocycles. The molecular weight excluding hydrogens is 222 g/mol. The Kier molecular flexibility index (Phi) is 3.11. The Labute approximate surface area is 107 Å². The molecule has 0 aliphatic heterocycles. The van der Waals surface area contributed by atoms with Gasteiger partial charge in [0, 0.05) is 11.6 Å². The predicted octanol–water partition coefficient (Wildman–Crippen LogP) is 3.62. The maximum atomic E-state index is 10.4. The molecule has 2 nitrogen and oxygen atoms in total. The SMILES string of the molecule is OC(c1ccc2cccnc2c1)C1CC=CCC1. The summed E-state index contributed by atoms with van der Waals surface area (Å²) in [6, 6.07) is 10.1. The molecular formula is C16H17NO. The van der Waals surface area contributed by atoms with Crippen LogP contribution in [0.1, 0.15) is 30.9 Å². The lowest BCUT2D eigenvalue weighted by molar-refractivity contribution is 0.103. The van der Waals surface area contributed by atoms with Crippen molar-refractivity contribution < 1.29 is 5.11 Å². The zero-order chi connectivity index (χ0) is 12.4. The lowest BCUT2D eigenvalue weighted by atomic mass is 9.86. The standard InChI is InChI=1S/C16H17NO/c18-16(13-5-2-1-3-6-13)14-9-8-12-7-4-10-17-15(12)11-14/h1-2,4,7-11,13,16,18H,3,5-6H2. The van der Waals surface area contributed by atoms with Gasteiger partial charge in [-0.3, -0.25) is 4.98 Å². The highest BCUT2D eigenvalue weighted by atomic mass is 16.3. The Balaban J connectivity index is 1.91. The van der Waals surface area contributed by atoms with E-state index in [-0.39, 0.29) is 6.10 Å². The number of pyridine rings is 1. The quantitative estimate of drug-likeness (QED) is 0.812. The van der Waals surface area contributed by atoms with Crippen LogP contribution in [0, 0.1) is 5.92 Å². The minimum absolute atomic E-state index is 0.344. The van der Waals surface area contributed by atoms with Crippen LogP contribution in [0.15, 0.2) is 48.7 Å². The van der Waals surface area contributed by atoms with E-state index < -0.39 is 0 Å². The molecule has 92 valence electrons. The topological polar surface area (TPSA) is 33.1 Å². The number of aliphatic hydroxyl groups excluding tert-OH is 1. The van der Waals surface area contributed by atoms with E-state index in [1.807, 2.05) is 30.3 Å². The summed E-state index contributed by atoms with van der Waals surface area (Å²) in [6.45, 7) is 0. The van der Waals surface area contributed by atoms with Crippen LogP contribution in [0.4, 0.5) is 0 Å². The molecule has 0 bridgehead atoms. The van der Waals surface area contributed by atoms with Crippen molar-refractivity contribution in [1.29, 1.82) is 0 Å². The highest BCUT2D eigenvalue weighted by Crippen LogP contribution is 2.32. The summed E-state index contributed by atoms with van der Waals surface area (Å²) in [4.78, 5) is 4.34. The van der Waals surface area contributed by atoms with Gasteiger partial charge in [0.25, 0.3) is 0 Å². The van der Waals surface area contributed by atoms with Crippen LogP contribution in [0.3, 0.4) is 0 Å². The maximum absolute atomic E-state index is 10.4. The van der Waals surface area contributed by atoms with E-state index in [2.05, 4.69) is 17.1 Å². The van der Waals surface area contributed by atoms with Crippen molar-refractivity contribution in [1.82, 2.24) is 4.98 Å². The van der Waals surface area contributed by atoms with E-state index in [0.29, 0.717) is 5.92 Å². The molecule has 1 N–H and O–H groups in total. The predicted molar refractivity (Wildman–Crippen MR) is 73.2 cm³/mol. The molecule has 1 aromatic carbocycles. The van der Waals surface area contributed by atoms with Gasteiger partial charge in [-0.2, -0.15) is 0 Å².